The summed E-state index contributed by atoms with van der Waals surface area (Å²) in [6, 6.07) is 4.39. The predicted molar refractivity (Wildman–Crippen MR) is 108 cm³/mol. The number of aryl methyl sites for hydroxylation is 2. The molecule has 148 valence electrons. The molecule has 0 spiro atoms. The summed E-state index contributed by atoms with van der Waals surface area (Å²) in [4.78, 5) is 20.5. The van der Waals surface area contributed by atoms with Crippen molar-refractivity contribution in [2.24, 2.45) is 0 Å². The fraction of sp³-hybridized carbons (Fsp3) is 0.333. The van der Waals surface area contributed by atoms with Crippen molar-refractivity contribution < 1.29 is 9.53 Å². The van der Waals surface area contributed by atoms with E-state index < -0.39 is 0 Å². The molecule has 1 fully saturated rings. The van der Waals surface area contributed by atoms with Gasteiger partial charge in [-0.1, -0.05) is 0 Å². The molecule has 0 aromatic carbocycles. The smallest absolute Gasteiger partial charge is 0.187 e. The Balaban J connectivity index is 1.42. The fourth-order valence-electron chi connectivity index (χ4n) is 3.64. The van der Waals surface area contributed by atoms with E-state index in [1.54, 1.807) is 6.20 Å². The Morgan fingerprint density at radius 1 is 1.28 bits per heavy atom. The Hall–Kier alpha value is -3.26. The molecule has 8 nitrogen and oxygen atoms in total. The summed E-state index contributed by atoms with van der Waals surface area (Å²) in [5.74, 6) is -0.0106. The number of carbonyl (C=O) groups excluding carboxylic acids is 1. The van der Waals surface area contributed by atoms with Gasteiger partial charge in [0.2, 0.25) is 0 Å². The molecule has 0 unspecified atom stereocenters. The second-order valence-electron chi connectivity index (χ2n) is 7.69. The Bertz CT molecular complexity index is 1230. The van der Waals surface area contributed by atoms with Gasteiger partial charge in [-0.05, 0) is 38.5 Å². The van der Waals surface area contributed by atoms with E-state index in [2.05, 4.69) is 37.5 Å². The molecule has 0 radical (unpaired) electrons. The van der Waals surface area contributed by atoms with E-state index in [0.717, 1.165) is 44.8 Å². The lowest BCUT2D eigenvalue weighted by atomic mass is 10.0. The molecule has 2 N–H and O–H groups in total. The molecule has 1 saturated heterocycles. The van der Waals surface area contributed by atoms with E-state index in [-0.39, 0.29) is 12.2 Å². The van der Waals surface area contributed by atoms with Crippen LogP contribution in [0, 0.1) is 20.8 Å². The van der Waals surface area contributed by atoms with Gasteiger partial charge >= 0.3 is 0 Å². The minimum atomic E-state index is -0.0106. The maximum Gasteiger partial charge on any atom is 0.187 e. The van der Waals surface area contributed by atoms with Crippen LogP contribution in [0.25, 0.3) is 22.3 Å². The highest BCUT2D eigenvalue weighted by Crippen LogP contribution is 2.28. The Labute approximate surface area is 167 Å². The van der Waals surface area contributed by atoms with E-state index in [1.165, 1.54) is 0 Å². The number of Topliss-reactive ketones (excluding diaryl/α,β-unsaturated/α-hetero) is 1. The molecule has 5 heterocycles. The standard InChI is InChI=1S/C21H22N6O2/c1-11-12(2)24-25-20(11)19(28)5-14-4-15-6-18(23-21(15)22-7-14)17-8-27(26-13(17)3)16-9-29-10-16/h4,6-8,16H,5,9-10H2,1-3H3,(H,22,23)(H,24,25). The Morgan fingerprint density at radius 2 is 2.10 bits per heavy atom. The summed E-state index contributed by atoms with van der Waals surface area (Å²) in [6.45, 7) is 7.24. The molecule has 0 aliphatic carbocycles. The maximum atomic E-state index is 12.6. The minimum absolute atomic E-state index is 0.0106. The van der Waals surface area contributed by atoms with Crippen molar-refractivity contribution in [2.75, 3.05) is 13.2 Å². The van der Waals surface area contributed by atoms with Crippen molar-refractivity contribution in [3.05, 3.63) is 52.7 Å². The van der Waals surface area contributed by atoms with E-state index in [0.29, 0.717) is 24.9 Å². The molecule has 8 heteroatoms. The number of carbonyl (C=O) groups is 1. The monoisotopic (exact) mass is 390 g/mol. The van der Waals surface area contributed by atoms with Gasteiger partial charge in [-0.3, -0.25) is 14.6 Å². The van der Waals surface area contributed by atoms with Crippen LogP contribution in [0.2, 0.25) is 0 Å². The first-order valence-corrected chi connectivity index (χ1v) is 9.66. The zero-order valence-corrected chi connectivity index (χ0v) is 16.6. The Morgan fingerprint density at radius 3 is 2.79 bits per heavy atom. The van der Waals surface area contributed by atoms with Gasteiger partial charge in [0, 0.05) is 41.0 Å². The molecule has 1 aliphatic heterocycles. The summed E-state index contributed by atoms with van der Waals surface area (Å²) < 4.78 is 7.24. The first-order valence-electron chi connectivity index (χ1n) is 9.66. The second kappa shape index (κ2) is 6.66. The Kier molecular flexibility index (Phi) is 4.09. The number of ether oxygens (including phenoxy) is 1. The SMILES string of the molecule is Cc1nn(C2COC2)cc1-c1cc2cc(CC(=O)c3n[nH]c(C)c3C)cnc2[nH]1. The van der Waals surface area contributed by atoms with Gasteiger partial charge in [0.05, 0.1) is 30.6 Å². The van der Waals surface area contributed by atoms with Gasteiger partial charge in [-0.2, -0.15) is 10.2 Å². The zero-order chi connectivity index (χ0) is 20.1. The topological polar surface area (TPSA) is 101 Å². The maximum absolute atomic E-state index is 12.6. The molecule has 0 bridgehead atoms. The summed E-state index contributed by atoms with van der Waals surface area (Å²) in [5.41, 5.74) is 6.96. The predicted octanol–water partition coefficient (Wildman–Crippen LogP) is 3.07. The number of hydrogen-bond donors (Lipinski definition) is 2. The molecule has 0 amide bonds. The average molecular weight is 390 g/mol. The number of hydrogen-bond acceptors (Lipinski definition) is 5. The van der Waals surface area contributed by atoms with Crippen LogP contribution >= 0.6 is 0 Å². The van der Waals surface area contributed by atoms with Crippen LogP contribution < -0.4 is 0 Å². The molecule has 4 aromatic rings. The van der Waals surface area contributed by atoms with E-state index in [4.69, 9.17) is 4.74 Å². The second-order valence-corrected chi connectivity index (χ2v) is 7.69. The first-order chi connectivity index (χ1) is 14.0. The van der Waals surface area contributed by atoms with Crippen molar-refractivity contribution in [1.82, 2.24) is 29.9 Å². The number of aromatic nitrogens is 6. The number of fused-ring (bicyclic) bond motifs is 1. The quantitative estimate of drug-likeness (QED) is 0.510. The van der Waals surface area contributed by atoms with Gasteiger partial charge in [0.25, 0.3) is 0 Å². The highest BCUT2D eigenvalue weighted by Gasteiger charge is 2.23. The molecule has 5 rings (SSSR count). The number of aromatic amines is 2. The van der Waals surface area contributed by atoms with Crippen LogP contribution in [-0.2, 0) is 11.2 Å². The van der Waals surface area contributed by atoms with Crippen molar-refractivity contribution >= 4 is 16.8 Å². The van der Waals surface area contributed by atoms with E-state index in [1.807, 2.05) is 31.5 Å². The van der Waals surface area contributed by atoms with Gasteiger partial charge in [-0.15, -0.1) is 0 Å². The van der Waals surface area contributed by atoms with Crippen LogP contribution in [-0.4, -0.2) is 48.9 Å². The van der Waals surface area contributed by atoms with E-state index in [9.17, 15) is 4.79 Å². The minimum Gasteiger partial charge on any atom is -0.377 e. The van der Waals surface area contributed by atoms with Crippen molar-refractivity contribution in [3.8, 4) is 11.3 Å². The molecule has 29 heavy (non-hydrogen) atoms. The van der Waals surface area contributed by atoms with Crippen LogP contribution in [0.4, 0.5) is 0 Å². The van der Waals surface area contributed by atoms with Crippen molar-refractivity contribution in [3.63, 3.8) is 0 Å². The normalized spacial score (nSPS) is 14.4. The number of nitrogens with zero attached hydrogens (tertiary/aromatic N) is 4. The van der Waals surface area contributed by atoms with Crippen molar-refractivity contribution in [2.45, 2.75) is 33.2 Å². The molecular weight excluding hydrogens is 368 g/mol. The largest absolute Gasteiger partial charge is 0.377 e. The number of pyridine rings is 1. The van der Waals surface area contributed by atoms with Gasteiger partial charge in [0.1, 0.15) is 11.3 Å². The summed E-state index contributed by atoms with van der Waals surface area (Å²) >= 11 is 0. The van der Waals surface area contributed by atoms with Crippen LogP contribution in [0.3, 0.4) is 0 Å². The number of rotatable bonds is 5. The first kappa shape index (κ1) is 17.8. The zero-order valence-electron chi connectivity index (χ0n) is 16.6. The number of ketones is 1. The summed E-state index contributed by atoms with van der Waals surface area (Å²) in [5, 5.41) is 12.6. The highest BCUT2D eigenvalue weighted by atomic mass is 16.5. The third kappa shape index (κ3) is 3.05. The van der Waals surface area contributed by atoms with Gasteiger partial charge in [-0.25, -0.2) is 4.98 Å². The third-order valence-electron chi connectivity index (χ3n) is 5.61. The lowest BCUT2D eigenvalue weighted by molar-refractivity contribution is -0.0287. The fourth-order valence-corrected chi connectivity index (χ4v) is 3.64. The van der Waals surface area contributed by atoms with Gasteiger partial charge < -0.3 is 9.72 Å². The van der Waals surface area contributed by atoms with Crippen molar-refractivity contribution in [1.29, 1.82) is 0 Å². The summed E-state index contributed by atoms with van der Waals surface area (Å²) in [7, 11) is 0. The average Bonchev–Trinajstić information content (AvgIpc) is 3.31. The highest BCUT2D eigenvalue weighted by molar-refractivity contribution is 5.97. The van der Waals surface area contributed by atoms with Crippen LogP contribution in [0.5, 0.6) is 0 Å². The number of H-pyrrole nitrogens is 2. The lowest BCUT2D eigenvalue weighted by Gasteiger charge is -2.25. The molecular formula is C21H22N6O2. The van der Waals surface area contributed by atoms with Crippen LogP contribution in [0.15, 0.2) is 24.5 Å². The van der Waals surface area contributed by atoms with Gasteiger partial charge in [0.15, 0.2) is 5.78 Å². The van der Waals surface area contributed by atoms with Crippen LogP contribution in [0.1, 0.15) is 39.0 Å². The molecule has 0 atom stereocenters. The van der Waals surface area contributed by atoms with E-state index >= 15 is 0 Å². The third-order valence-corrected chi connectivity index (χ3v) is 5.61. The molecule has 1 aliphatic rings. The lowest BCUT2D eigenvalue weighted by Crippen LogP contribution is -2.30. The number of nitrogens with one attached hydrogen (secondary N) is 2. The molecule has 0 saturated carbocycles. The summed E-state index contributed by atoms with van der Waals surface area (Å²) in [6.07, 6.45) is 4.07. The molecule has 4 aromatic heterocycles.